The topological polar surface area (TPSA) is 63.2 Å². The lowest BCUT2D eigenvalue weighted by Gasteiger charge is -2.12. The van der Waals surface area contributed by atoms with Crippen LogP contribution < -0.4 is 10.6 Å². The van der Waals surface area contributed by atoms with Crippen molar-refractivity contribution in [2.24, 2.45) is 0 Å². The first-order chi connectivity index (χ1) is 7.69. The van der Waals surface area contributed by atoms with Gasteiger partial charge in [0.1, 0.15) is 0 Å². The Kier molecular flexibility index (Phi) is 4.72. The maximum absolute atomic E-state index is 11.8. The molecule has 0 aromatic carbocycles. The molecule has 0 saturated heterocycles. The molecular weight excluding hydrogens is 206 g/mol. The van der Waals surface area contributed by atoms with Gasteiger partial charge < -0.3 is 15.4 Å². The van der Waals surface area contributed by atoms with E-state index in [0.717, 1.165) is 0 Å². The Hall–Kier alpha value is -1.62. The molecule has 0 bridgehead atoms. The van der Waals surface area contributed by atoms with Gasteiger partial charge in [0.05, 0.1) is 23.6 Å². The van der Waals surface area contributed by atoms with E-state index < -0.39 is 0 Å². The third-order valence-corrected chi connectivity index (χ3v) is 2.29. The molecule has 0 radical (unpaired) electrons. The number of nitrogens with zero attached hydrogens (tertiary/aromatic N) is 1. The predicted octanol–water partition coefficient (Wildman–Crippen LogP) is 0.888. The van der Waals surface area contributed by atoms with E-state index in [4.69, 9.17) is 4.74 Å². The van der Waals surface area contributed by atoms with Crippen LogP contribution in [0.15, 0.2) is 18.5 Å². The highest BCUT2D eigenvalue weighted by Gasteiger charge is 2.10. The number of ether oxygens (including phenoxy) is 1. The SMILES string of the molecule is CNc1cnccc1C(=O)NCC(C)OC. The van der Waals surface area contributed by atoms with Gasteiger partial charge in [-0.3, -0.25) is 9.78 Å². The molecule has 16 heavy (non-hydrogen) atoms. The highest BCUT2D eigenvalue weighted by molar-refractivity contribution is 5.99. The van der Waals surface area contributed by atoms with Gasteiger partial charge in [0.15, 0.2) is 0 Å². The highest BCUT2D eigenvalue weighted by Crippen LogP contribution is 2.11. The minimum absolute atomic E-state index is 0.00354. The lowest BCUT2D eigenvalue weighted by Crippen LogP contribution is -2.31. The predicted molar refractivity (Wildman–Crippen MR) is 62.6 cm³/mol. The Bertz CT molecular complexity index is 355. The molecule has 0 aliphatic carbocycles. The number of carbonyl (C=O) groups is 1. The van der Waals surface area contributed by atoms with E-state index in [1.165, 1.54) is 0 Å². The summed E-state index contributed by atoms with van der Waals surface area (Å²) in [5.41, 5.74) is 1.30. The van der Waals surface area contributed by atoms with Crippen LogP contribution in [0.25, 0.3) is 0 Å². The number of carbonyl (C=O) groups excluding carboxylic acids is 1. The van der Waals surface area contributed by atoms with Crippen LogP contribution in [0, 0.1) is 0 Å². The van der Waals surface area contributed by atoms with Crippen molar-refractivity contribution in [3.05, 3.63) is 24.0 Å². The van der Waals surface area contributed by atoms with Gasteiger partial charge in [-0.1, -0.05) is 0 Å². The molecule has 88 valence electrons. The van der Waals surface area contributed by atoms with Crippen LogP contribution in [0.3, 0.4) is 0 Å². The van der Waals surface area contributed by atoms with Gasteiger partial charge in [0, 0.05) is 26.9 Å². The number of pyridine rings is 1. The monoisotopic (exact) mass is 223 g/mol. The number of amides is 1. The number of nitrogens with one attached hydrogen (secondary N) is 2. The van der Waals surface area contributed by atoms with E-state index in [-0.39, 0.29) is 12.0 Å². The second-order valence-corrected chi connectivity index (χ2v) is 3.43. The van der Waals surface area contributed by atoms with Gasteiger partial charge >= 0.3 is 0 Å². The Balaban J connectivity index is 2.65. The number of anilines is 1. The van der Waals surface area contributed by atoms with Crippen LogP contribution in [0.4, 0.5) is 5.69 Å². The number of hydrogen-bond acceptors (Lipinski definition) is 4. The summed E-state index contributed by atoms with van der Waals surface area (Å²) in [5.74, 6) is -0.129. The molecule has 0 saturated carbocycles. The largest absolute Gasteiger partial charge is 0.386 e. The molecule has 1 rings (SSSR count). The molecule has 2 N–H and O–H groups in total. The lowest BCUT2D eigenvalue weighted by atomic mass is 10.2. The molecule has 0 aliphatic rings. The first kappa shape index (κ1) is 12.4. The molecule has 1 amide bonds. The molecule has 5 heteroatoms. The van der Waals surface area contributed by atoms with Gasteiger partial charge in [-0.25, -0.2) is 0 Å². The second-order valence-electron chi connectivity index (χ2n) is 3.43. The van der Waals surface area contributed by atoms with E-state index in [1.54, 1.807) is 32.6 Å². The van der Waals surface area contributed by atoms with E-state index in [9.17, 15) is 4.79 Å². The summed E-state index contributed by atoms with van der Waals surface area (Å²) < 4.78 is 5.05. The smallest absolute Gasteiger partial charge is 0.253 e. The number of methoxy groups -OCH3 is 1. The molecule has 0 fully saturated rings. The zero-order chi connectivity index (χ0) is 12.0. The van der Waals surface area contributed by atoms with E-state index in [0.29, 0.717) is 17.8 Å². The molecule has 1 unspecified atom stereocenters. The Morgan fingerprint density at radius 1 is 1.62 bits per heavy atom. The van der Waals surface area contributed by atoms with Gasteiger partial charge in [0.25, 0.3) is 5.91 Å². The summed E-state index contributed by atoms with van der Waals surface area (Å²) in [6.45, 7) is 2.38. The molecule has 1 aromatic heterocycles. The van der Waals surface area contributed by atoms with Crippen molar-refractivity contribution in [2.75, 3.05) is 26.0 Å². The minimum Gasteiger partial charge on any atom is -0.386 e. The lowest BCUT2D eigenvalue weighted by molar-refractivity contribution is 0.0871. The summed E-state index contributed by atoms with van der Waals surface area (Å²) in [6, 6.07) is 1.68. The summed E-state index contributed by atoms with van der Waals surface area (Å²) in [4.78, 5) is 15.8. The van der Waals surface area contributed by atoms with Gasteiger partial charge in [-0.15, -0.1) is 0 Å². The number of aromatic nitrogens is 1. The van der Waals surface area contributed by atoms with Crippen molar-refractivity contribution >= 4 is 11.6 Å². The van der Waals surface area contributed by atoms with Crippen molar-refractivity contribution < 1.29 is 9.53 Å². The first-order valence-electron chi connectivity index (χ1n) is 5.11. The summed E-state index contributed by atoms with van der Waals surface area (Å²) in [5, 5.41) is 5.72. The van der Waals surface area contributed by atoms with E-state index in [2.05, 4.69) is 15.6 Å². The fourth-order valence-electron chi connectivity index (χ4n) is 1.21. The third-order valence-electron chi connectivity index (χ3n) is 2.29. The van der Waals surface area contributed by atoms with Gasteiger partial charge in [-0.2, -0.15) is 0 Å². The number of rotatable bonds is 5. The van der Waals surface area contributed by atoms with Gasteiger partial charge in [0.2, 0.25) is 0 Å². The van der Waals surface area contributed by atoms with Crippen molar-refractivity contribution in [3.63, 3.8) is 0 Å². The maximum atomic E-state index is 11.8. The molecule has 1 heterocycles. The van der Waals surface area contributed by atoms with Crippen LogP contribution in [-0.4, -0.2) is 37.7 Å². The van der Waals surface area contributed by atoms with Crippen molar-refractivity contribution in [3.8, 4) is 0 Å². The average molecular weight is 223 g/mol. The summed E-state index contributed by atoms with van der Waals surface area (Å²) in [7, 11) is 3.37. The number of hydrogen-bond donors (Lipinski definition) is 2. The van der Waals surface area contributed by atoms with Crippen molar-refractivity contribution in [1.29, 1.82) is 0 Å². The maximum Gasteiger partial charge on any atom is 0.253 e. The van der Waals surface area contributed by atoms with Crippen LogP contribution in [0.5, 0.6) is 0 Å². The molecule has 0 aliphatic heterocycles. The van der Waals surface area contributed by atoms with Gasteiger partial charge in [-0.05, 0) is 13.0 Å². The van der Waals surface area contributed by atoms with E-state index >= 15 is 0 Å². The first-order valence-corrected chi connectivity index (χ1v) is 5.11. The molecule has 0 spiro atoms. The quantitative estimate of drug-likeness (QED) is 0.778. The normalized spacial score (nSPS) is 11.9. The average Bonchev–Trinajstić information content (AvgIpc) is 2.35. The second kappa shape index (κ2) is 6.07. The molecular formula is C11H17N3O2. The molecule has 5 nitrogen and oxygen atoms in total. The fraction of sp³-hybridized carbons (Fsp3) is 0.455. The van der Waals surface area contributed by atoms with E-state index in [1.807, 2.05) is 6.92 Å². The highest BCUT2D eigenvalue weighted by atomic mass is 16.5. The van der Waals surface area contributed by atoms with Crippen LogP contribution in [0.1, 0.15) is 17.3 Å². The fourth-order valence-corrected chi connectivity index (χ4v) is 1.21. The van der Waals surface area contributed by atoms with Crippen molar-refractivity contribution in [2.45, 2.75) is 13.0 Å². The third kappa shape index (κ3) is 3.20. The standard InChI is InChI=1S/C11H17N3O2/c1-8(16-3)6-14-11(15)9-4-5-13-7-10(9)12-2/h4-5,7-8,12H,6H2,1-3H3,(H,14,15). The van der Waals surface area contributed by atoms with Crippen molar-refractivity contribution in [1.82, 2.24) is 10.3 Å². The van der Waals surface area contributed by atoms with Crippen LogP contribution in [0.2, 0.25) is 0 Å². The molecule has 1 aromatic rings. The zero-order valence-corrected chi connectivity index (χ0v) is 9.78. The molecule has 1 atom stereocenters. The summed E-state index contributed by atoms with van der Waals surface area (Å²) >= 11 is 0. The minimum atomic E-state index is -0.129. The Morgan fingerprint density at radius 2 is 2.38 bits per heavy atom. The summed E-state index contributed by atoms with van der Waals surface area (Å²) in [6.07, 6.45) is 3.22. The Morgan fingerprint density at radius 3 is 3.00 bits per heavy atom. The van der Waals surface area contributed by atoms with Crippen LogP contribution in [-0.2, 0) is 4.74 Å². The Labute approximate surface area is 95.2 Å². The zero-order valence-electron chi connectivity index (χ0n) is 9.78. The van der Waals surface area contributed by atoms with Crippen LogP contribution >= 0.6 is 0 Å².